The van der Waals surface area contributed by atoms with Crippen molar-refractivity contribution in [2.45, 2.75) is 13.8 Å². The molecule has 0 spiro atoms. The van der Waals surface area contributed by atoms with E-state index in [1.165, 1.54) is 0 Å². The molecule has 78 valence electrons. The predicted molar refractivity (Wildman–Crippen MR) is 62.2 cm³/mol. The van der Waals surface area contributed by atoms with Crippen molar-refractivity contribution in [3.8, 4) is 0 Å². The van der Waals surface area contributed by atoms with Gasteiger partial charge in [0.05, 0.1) is 5.02 Å². The molecule has 1 aromatic rings. The van der Waals surface area contributed by atoms with Gasteiger partial charge in [-0.25, -0.2) is 4.98 Å². The molecule has 0 atom stereocenters. The molecule has 0 aliphatic carbocycles. The molecule has 0 aliphatic rings. The summed E-state index contributed by atoms with van der Waals surface area (Å²) in [5, 5.41) is 3.85. The number of hydrogen-bond acceptors (Lipinski definition) is 2. The molecule has 0 saturated carbocycles. The molecule has 1 heterocycles. The van der Waals surface area contributed by atoms with Crippen LogP contribution in [0, 0.1) is 5.41 Å². The van der Waals surface area contributed by atoms with E-state index in [2.05, 4.69) is 24.1 Å². The van der Waals surface area contributed by atoms with Gasteiger partial charge in [-0.15, -0.1) is 11.6 Å². The topological polar surface area (TPSA) is 24.9 Å². The fourth-order valence-corrected chi connectivity index (χ4v) is 1.06. The van der Waals surface area contributed by atoms with E-state index < -0.39 is 0 Å². The molecule has 0 aromatic carbocycles. The van der Waals surface area contributed by atoms with Crippen LogP contribution in [0.3, 0.4) is 0 Å². The standard InChI is InChI=1S/C10H14Cl2N2/c1-10(2,6-11)7-14-9-4-3-8(12)5-13-9/h3-5H,6-7H2,1-2H3,(H,13,14). The Labute approximate surface area is 94.6 Å². The molecule has 4 heteroatoms. The number of aromatic nitrogens is 1. The zero-order valence-corrected chi connectivity index (χ0v) is 9.86. The molecule has 0 radical (unpaired) electrons. The maximum absolute atomic E-state index is 5.80. The summed E-state index contributed by atoms with van der Waals surface area (Å²) in [6.07, 6.45) is 1.62. The normalized spacial score (nSPS) is 11.4. The summed E-state index contributed by atoms with van der Waals surface area (Å²) in [7, 11) is 0. The molecular formula is C10H14Cl2N2. The smallest absolute Gasteiger partial charge is 0.126 e. The van der Waals surface area contributed by atoms with E-state index in [1.54, 1.807) is 6.20 Å². The van der Waals surface area contributed by atoms with Crippen molar-refractivity contribution < 1.29 is 0 Å². The Bertz CT molecular complexity index is 283. The lowest BCUT2D eigenvalue weighted by Gasteiger charge is -2.21. The fourth-order valence-electron chi connectivity index (χ4n) is 0.857. The summed E-state index contributed by atoms with van der Waals surface area (Å²) < 4.78 is 0. The summed E-state index contributed by atoms with van der Waals surface area (Å²) in [6.45, 7) is 5.00. The third kappa shape index (κ3) is 3.72. The van der Waals surface area contributed by atoms with Gasteiger partial charge in [0.25, 0.3) is 0 Å². The van der Waals surface area contributed by atoms with E-state index in [-0.39, 0.29) is 5.41 Å². The third-order valence-corrected chi connectivity index (χ3v) is 2.78. The minimum Gasteiger partial charge on any atom is -0.369 e. The van der Waals surface area contributed by atoms with Crippen LogP contribution in [0.5, 0.6) is 0 Å². The molecule has 1 aromatic heterocycles. The molecule has 1 rings (SSSR count). The maximum atomic E-state index is 5.80. The van der Waals surface area contributed by atoms with Gasteiger partial charge in [0.1, 0.15) is 5.82 Å². The van der Waals surface area contributed by atoms with Crippen molar-refractivity contribution in [3.63, 3.8) is 0 Å². The van der Waals surface area contributed by atoms with Crippen molar-refractivity contribution in [3.05, 3.63) is 23.4 Å². The quantitative estimate of drug-likeness (QED) is 0.806. The lowest BCUT2D eigenvalue weighted by Crippen LogP contribution is -2.24. The highest BCUT2D eigenvalue weighted by atomic mass is 35.5. The summed E-state index contributed by atoms with van der Waals surface area (Å²) in [6, 6.07) is 3.66. The average Bonchev–Trinajstić information content (AvgIpc) is 2.17. The lowest BCUT2D eigenvalue weighted by atomic mass is 9.97. The number of nitrogens with zero attached hydrogens (tertiary/aromatic N) is 1. The van der Waals surface area contributed by atoms with E-state index in [4.69, 9.17) is 23.2 Å². The third-order valence-electron chi connectivity index (χ3n) is 1.84. The van der Waals surface area contributed by atoms with Gasteiger partial charge < -0.3 is 5.32 Å². The molecule has 0 unspecified atom stereocenters. The minimum absolute atomic E-state index is 0.0723. The summed E-state index contributed by atoms with van der Waals surface area (Å²) >= 11 is 11.5. The molecular weight excluding hydrogens is 219 g/mol. The van der Waals surface area contributed by atoms with Crippen LogP contribution in [0.25, 0.3) is 0 Å². The Balaban J connectivity index is 2.50. The summed E-state index contributed by atoms with van der Waals surface area (Å²) in [5.41, 5.74) is 0.0723. The van der Waals surface area contributed by atoms with Gasteiger partial charge in [0.2, 0.25) is 0 Å². The zero-order valence-electron chi connectivity index (χ0n) is 8.35. The second-order valence-corrected chi connectivity index (χ2v) is 4.72. The highest BCUT2D eigenvalue weighted by molar-refractivity contribution is 6.30. The van der Waals surface area contributed by atoms with E-state index in [9.17, 15) is 0 Å². The molecule has 0 aliphatic heterocycles. The monoisotopic (exact) mass is 232 g/mol. The molecule has 1 N–H and O–H groups in total. The van der Waals surface area contributed by atoms with Crippen molar-refractivity contribution in [2.75, 3.05) is 17.7 Å². The van der Waals surface area contributed by atoms with Crippen LogP contribution in [0.15, 0.2) is 18.3 Å². The van der Waals surface area contributed by atoms with Crippen LogP contribution in [-0.2, 0) is 0 Å². The van der Waals surface area contributed by atoms with Crippen LogP contribution in [0.1, 0.15) is 13.8 Å². The van der Waals surface area contributed by atoms with Gasteiger partial charge in [0.15, 0.2) is 0 Å². The van der Waals surface area contributed by atoms with Crippen molar-refractivity contribution >= 4 is 29.0 Å². The van der Waals surface area contributed by atoms with Crippen LogP contribution >= 0.6 is 23.2 Å². The number of anilines is 1. The zero-order chi connectivity index (χ0) is 10.6. The highest BCUT2D eigenvalue weighted by Gasteiger charge is 2.15. The van der Waals surface area contributed by atoms with Crippen LogP contribution in [0.4, 0.5) is 5.82 Å². The van der Waals surface area contributed by atoms with Gasteiger partial charge >= 0.3 is 0 Å². The molecule has 0 fully saturated rings. The van der Waals surface area contributed by atoms with E-state index in [0.29, 0.717) is 10.9 Å². The Morgan fingerprint density at radius 3 is 2.64 bits per heavy atom. The first-order valence-electron chi connectivity index (χ1n) is 4.45. The Morgan fingerprint density at radius 2 is 2.14 bits per heavy atom. The van der Waals surface area contributed by atoms with Crippen molar-refractivity contribution in [1.82, 2.24) is 4.98 Å². The first-order chi connectivity index (χ1) is 6.53. The first kappa shape index (κ1) is 11.6. The number of rotatable bonds is 4. The maximum Gasteiger partial charge on any atom is 0.126 e. The first-order valence-corrected chi connectivity index (χ1v) is 5.36. The van der Waals surface area contributed by atoms with E-state index >= 15 is 0 Å². The number of nitrogens with one attached hydrogen (secondary N) is 1. The number of alkyl halides is 1. The number of pyridine rings is 1. The molecule has 0 amide bonds. The predicted octanol–water partition coefficient (Wildman–Crippen LogP) is 3.41. The average molecular weight is 233 g/mol. The number of hydrogen-bond donors (Lipinski definition) is 1. The Morgan fingerprint density at radius 1 is 1.43 bits per heavy atom. The molecule has 14 heavy (non-hydrogen) atoms. The lowest BCUT2D eigenvalue weighted by molar-refractivity contribution is 0.449. The highest BCUT2D eigenvalue weighted by Crippen LogP contribution is 2.18. The Hall–Kier alpha value is -0.470. The van der Waals surface area contributed by atoms with Crippen molar-refractivity contribution in [1.29, 1.82) is 0 Å². The summed E-state index contributed by atoms with van der Waals surface area (Å²) in [4.78, 5) is 4.13. The molecule has 0 saturated heterocycles. The van der Waals surface area contributed by atoms with Gasteiger partial charge in [-0.2, -0.15) is 0 Å². The second kappa shape index (κ2) is 4.85. The van der Waals surface area contributed by atoms with Gasteiger partial charge in [-0.3, -0.25) is 0 Å². The minimum atomic E-state index is 0.0723. The largest absolute Gasteiger partial charge is 0.369 e. The van der Waals surface area contributed by atoms with E-state index in [0.717, 1.165) is 12.4 Å². The fraction of sp³-hybridized carbons (Fsp3) is 0.500. The van der Waals surface area contributed by atoms with Crippen molar-refractivity contribution in [2.24, 2.45) is 5.41 Å². The van der Waals surface area contributed by atoms with Crippen LogP contribution in [-0.4, -0.2) is 17.4 Å². The molecule has 2 nitrogen and oxygen atoms in total. The van der Waals surface area contributed by atoms with Gasteiger partial charge in [-0.1, -0.05) is 25.4 Å². The van der Waals surface area contributed by atoms with E-state index in [1.807, 2.05) is 12.1 Å². The SMILES string of the molecule is CC(C)(CCl)CNc1ccc(Cl)cn1. The van der Waals surface area contributed by atoms with Gasteiger partial charge in [-0.05, 0) is 17.5 Å². The summed E-state index contributed by atoms with van der Waals surface area (Å²) in [5.74, 6) is 1.45. The Kier molecular flexibility index (Phi) is 4.02. The van der Waals surface area contributed by atoms with Crippen LogP contribution in [0.2, 0.25) is 5.02 Å². The second-order valence-electron chi connectivity index (χ2n) is 4.01. The molecule has 0 bridgehead atoms. The van der Waals surface area contributed by atoms with Gasteiger partial charge in [0, 0.05) is 18.6 Å². The number of halogens is 2. The van der Waals surface area contributed by atoms with Crippen LogP contribution < -0.4 is 5.32 Å².